The summed E-state index contributed by atoms with van der Waals surface area (Å²) >= 11 is 0. The van der Waals surface area contributed by atoms with E-state index in [1.165, 1.54) is 9.71 Å². The van der Waals surface area contributed by atoms with Crippen LogP contribution in [0.3, 0.4) is 0 Å². The standard InChI is InChI=1S/C12H15NO3S/c1-12(14)9-13(10-12)17(15,16)8-7-11-5-3-2-4-6-11/h2-8,14H,9-10H2,1H3. The number of benzene rings is 1. The fraction of sp³-hybridized carbons (Fsp3) is 0.333. The number of nitrogens with zero attached hydrogens (tertiary/aromatic N) is 1. The highest BCUT2D eigenvalue weighted by molar-refractivity contribution is 7.92. The van der Waals surface area contributed by atoms with Gasteiger partial charge in [0.25, 0.3) is 0 Å². The number of hydrogen-bond donors (Lipinski definition) is 1. The quantitative estimate of drug-likeness (QED) is 0.876. The van der Waals surface area contributed by atoms with Crippen LogP contribution in [0, 0.1) is 0 Å². The van der Waals surface area contributed by atoms with Crippen molar-refractivity contribution in [3.63, 3.8) is 0 Å². The second-order valence-corrected chi connectivity index (χ2v) is 6.34. The lowest BCUT2D eigenvalue weighted by Gasteiger charge is -2.42. The number of aliphatic hydroxyl groups is 1. The average Bonchev–Trinajstić information content (AvgIpc) is 2.25. The summed E-state index contributed by atoms with van der Waals surface area (Å²) in [5.74, 6) is 0. The summed E-state index contributed by atoms with van der Waals surface area (Å²) in [5.41, 5.74) is -0.0448. The fourth-order valence-electron chi connectivity index (χ4n) is 1.71. The van der Waals surface area contributed by atoms with Gasteiger partial charge in [-0.15, -0.1) is 0 Å². The maximum absolute atomic E-state index is 11.8. The Balaban J connectivity index is 2.07. The Morgan fingerprint density at radius 1 is 1.29 bits per heavy atom. The van der Waals surface area contributed by atoms with Gasteiger partial charge in [0.1, 0.15) is 0 Å². The summed E-state index contributed by atoms with van der Waals surface area (Å²) in [6.45, 7) is 1.95. The van der Waals surface area contributed by atoms with Crippen LogP contribution in [0.15, 0.2) is 35.7 Å². The van der Waals surface area contributed by atoms with Crippen molar-refractivity contribution >= 4 is 16.1 Å². The molecule has 1 fully saturated rings. The monoisotopic (exact) mass is 253 g/mol. The Hall–Kier alpha value is -1.17. The van der Waals surface area contributed by atoms with Crippen LogP contribution in [0.4, 0.5) is 0 Å². The van der Waals surface area contributed by atoms with Crippen LogP contribution in [0.25, 0.3) is 6.08 Å². The molecule has 1 aliphatic rings. The first-order valence-electron chi connectivity index (χ1n) is 5.35. The molecule has 92 valence electrons. The second kappa shape index (κ2) is 4.25. The first kappa shape index (κ1) is 12.3. The van der Waals surface area contributed by atoms with Gasteiger partial charge in [0, 0.05) is 18.5 Å². The maximum atomic E-state index is 11.8. The zero-order valence-electron chi connectivity index (χ0n) is 9.57. The summed E-state index contributed by atoms with van der Waals surface area (Å²) in [5, 5.41) is 10.7. The van der Waals surface area contributed by atoms with E-state index in [9.17, 15) is 13.5 Å². The molecule has 0 radical (unpaired) electrons. The third kappa shape index (κ3) is 2.94. The zero-order valence-corrected chi connectivity index (χ0v) is 10.4. The molecule has 2 rings (SSSR count). The van der Waals surface area contributed by atoms with E-state index in [0.29, 0.717) is 0 Å². The molecule has 0 saturated carbocycles. The Morgan fingerprint density at radius 3 is 2.41 bits per heavy atom. The number of β-amino-alcohol motifs (C(OH)–C–C–N with tert-alkyl or cyclic N) is 1. The minimum Gasteiger partial charge on any atom is -0.387 e. The van der Waals surface area contributed by atoms with Crippen LogP contribution in [0.1, 0.15) is 12.5 Å². The molecule has 1 heterocycles. The van der Waals surface area contributed by atoms with Crippen LogP contribution in [0.5, 0.6) is 0 Å². The predicted molar refractivity (Wildman–Crippen MR) is 66.6 cm³/mol. The first-order chi connectivity index (χ1) is 7.89. The van der Waals surface area contributed by atoms with Crippen LogP contribution in [0.2, 0.25) is 0 Å². The predicted octanol–water partition coefficient (Wildman–Crippen LogP) is 1.05. The van der Waals surface area contributed by atoms with E-state index in [2.05, 4.69) is 0 Å². The summed E-state index contributed by atoms with van der Waals surface area (Å²) < 4.78 is 24.9. The van der Waals surface area contributed by atoms with Crippen molar-refractivity contribution in [1.82, 2.24) is 4.31 Å². The Kier molecular flexibility index (Phi) is 3.07. The SMILES string of the molecule is CC1(O)CN(S(=O)(=O)C=Cc2ccccc2)C1. The Labute approximate surface area is 101 Å². The van der Waals surface area contributed by atoms with E-state index < -0.39 is 15.6 Å². The molecular formula is C12H15NO3S. The molecule has 0 aliphatic carbocycles. The molecule has 17 heavy (non-hydrogen) atoms. The van der Waals surface area contributed by atoms with E-state index >= 15 is 0 Å². The maximum Gasteiger partial charge on any atom is 0.236 e. The van der Waals surface area contributed by atoms with Crippen molar-refractivity contribution in [2.24, 2.45) is 0 Å². The Bertz CT molecular complexity index is 512. The molecule has 1 saturated heterocycles. The molecule has 0 aromatic heterocycles. The lowest BCUT2D eigenvalue weighted by atomic mass is 10.0. The topological polar surface area (TPSA) is 57.6 Å². The zero-order chi connectivity index (χ0) is 12.5. The summed E-state index contributed by atoms with van der Waals surface area (Å²) in [6.07, 6.45) is 1.56. The fourth-order valence-corrected chi connectivity index (χ4v) is 3.13. The van der Waals surface area contributed by atoms with Crippen LogP contribution in [-0.2, 0) is 10.0 Å². The summed E-state index contributed by atoms with van der Waals surface area (Å²) in [7, 11) is -3.40. The third-order valence-electron chi connectivity index (χ3n) is 2.63. The van der Waals surface area contributed by atoms with Crippen LogP contribution in [-0.4, -0.2) is 36.5 Å². The summed E-state index contributed by atoms with van der Waals surface area (Å²) in [4.78, 5) is 0. The number of rotatable bonds is 3. The smallest absolute Gasteiger partial charge is 0.236 e. The number of hydrogen-bond acceptors (Lipinski definition) is 3. The Morgan fingerprint density at radius 2 is 1.88 bits per heavy atom. The highest BCUT2D eigenvalue weighted by Crippen LogP contribution is 2.24. The van der Waals surface area contributed by atoms with Gasteiger partial charge in [0.2, 0.25) is 10.0 Å². The van der Waals surface area contributed by atoms with Crippen molar-refractivity contribution in [1.29, 1.82) is 0 Å². The van der Waals surface area contributed by atoms with Crippen LogP contribution < -0.4 is 0 Å². The molecule has 0 atom stereocenters. The van der Waals surface area contributed by atoms with Gasteiger partial charge in [-0.2, -0.15) is 4.31 Å². The highest BCUT2D eigenvalue weighted by Gasteiger charge is 2.42. The normalized spacial score (nSPS) is 20.4. The van der Waals surface area contributed by atoms with Gasteiger partial charge in [-0.3, -0.25) is 0 Å². The highest BCUT2D eigenvalue weighted by atomic mass is 32.2. The molecule has 0 amide bonds. The van der Waals surface area contributed by atoms with Crippen molar-refractivity contribution in [2.45, 2.75) is 12.5 Å². The number of sulfonamides is 1. The lowest BCUT2D eigenvalue weighted by Crippen LogP contribution is -2.61. The van der Waals surface area contributed by atoms with Crippen molar-refractivity contribution in [3.05, 3.63) is 41.3 Å². The molecule has 0 bridgehead atoms. The van der Waals surface area contributed by atoms with E-state index in [0.717, 1.165) is 5.56 Å². The molecule has 4 nitrogen and oxygen atoms in total. The lowest BCUT2D eigenvalue weighted by molar-refractivity contribution is -0.0420. The van der Waals surface area contributed by atoms with E-state index in [1.54, 1.807) is 13.0 Å². The van der Waals surface area contributed by atoms with Gasteiger partial charge in [-0.05, 0) is 18.6 Å². The average molecular weight is 253 g/mol. The first-order valence-corrected chi connectivity index (χ1v) is 6.85. The van der Waals surface area contributed by atoms with Gasteiger partial charge in [0.15, 0.2) is 0 Å². The third-order valence-corrected chi connectivity index (χ3v) is 4.08. The van der Waals surface area contributed by atoms with Crippen LogP contribution >= 0.6 is 0 Å². The molecule has 1 aromatic rings. The summed E-state index contributed by atoms with van der Waals surface area (Å²) in [6, 6.07) is 9.23. The van der Waals surface area contributed by atoms with Gasteiger partial charge in [-0.25, -0.2) is 8.42 Å². The minimum atomic E-state index is -3.40. The van der Waals surface area contributed by atoms with Gasteiger partial charge >= 0.3 is 0 Å². The van der Waals surface area contributed by atoms with Gasteiger partial charge in [0.05, 0.1) is 5.60 Å². The molecule has 1 aliphatic heterocycles. The van der Waals surface area contributed by atoms with Crippen molar-refractivity contribution in [3.8, 4) is 0 Å². The van der Waals surface area contributed by atoms with Gasteiger partial charge in [-0.1, -0.05) is 30.3 Å². The molecule has 5 heteroatoms. The van der Waals surface area contributed by atoms with E-state index in [1.807, 2.05) is 30.3 Å². The molecule has 1 N–H and O–H groups in total. The molecule has 0 spiro atoms. The van der Waals surface area contributed by atoms with Crippen molar-refractivity contribution in [2.75, 3.05) is 13.1 Å². The van der Waals surface area contributed by atoms with Crippen molar-refractivity contribution < 1.29 is 13.5 Å². The van der Waals surface area contributed by atoms with E-state index in [-0.39, 0.29) is 13.1 Å². The minimum absolute atomic E-state index is 0.161. The second-order valence-electron chi connectivity index (χ2n) is 4.52. The molecule has 0 unspecified atom stereocenters. The van der Waals surface area contributed by atoms with Gasteiger partial charge < -0.3 is 5.11 Å². The molecule has 1 aromatic carbocycles. The van der Waals surface area contributed by atoms with E-state index in [4.69, 9.17) is 0 Å². The largest absolute Gasteiger partial charge is 0.387 e. The molecular weight excluding hydrogens is 238 g/mol.